The minimum atomic E-state index is -0.0602. The molecule has 1 aliphatic rings. The number of nitrogens with zero attached hydrogens (tertiary/aromatic N) is 1. The van der Waals surface area contributed by atoms with E-state index in [2.05, 4.69) is 88.4 Å². The summed E-state index contributed by atoms with van der Waals surface area (Å²) >= 11 is 0. The smallest absolute Gasteiger partial charge is 0.0756 e. The highest BCUT2D eigenvalue weighted by molar-refractivity contribution is 6.03. The lowest BCUT2D eigenvalue weighted by Gasteiger charge is -2.34. The quantitative estimate of drug-likeness (QED) is 0.383. The summed E-state index contributed by atoms with van der Waals surface area (Å²) in [7, 11) is 0. The van der Waals surface area contributed by atoms with Gasteiger partial charge in [-0.05, 0) is 51.9 Å². The summed E-state index contributed by atoms with van der Waals surface area (Å²) in [5.74, 6) is 0.633. The van der Waals surface area contributed by atoms with Gasteiger partial charge in [0, 0.05) is 16.4 Å². The first-order chi connectivity index (χ1) is 13.0. The maximum Gasteiger partial charge on any atom is 0.0756 e. The van der Waals surface area contributed by atoms with E-state index in [1.165, 1.54) is 38.4 Å². The van der Waals surface area contributed by atoms with Gasteiger partial charge in [-0.3, -0.25) is 0 Å². The van der Waals surface area contributed by atoms with Crippen LogP contribution in [0.2, 0.25) is 0 Å². The molecule has 1 aromatic heterocycles. The van der Waals surface area contributed by atoms with E-state index in [-0.39, 0.29) is 5.41 Å². The van der Waals surface area contributed by atoms with Gasteiger partial charge in [-0.15, -0.1) is 0 Å². The Bertz CT molecular complexity index is 1190. The van der Waals surface area contributed by atoms with Crippen LogP contribution in [0, 0.1) is 5.92 Å². The monoisotopic (exact) mass is 351 g/mol. The van der Waals surface area contributed by atoms with E-state index in [0.717, 1.165) is 17.6 Å². The molecule has 0 amide bonds. The van der Waals surface area contributed by atoms with Gasteiger partial charge in [0.15, 0.2) is 0 Å². The molecule has 4 aromatic rings. The topological polar surface area (TPSA) is 12.9 Å². The van der Waals surface area contributed by atoms with Crippen molar-refractivity contribution in [2.24, 2.45) is 5.92 Å². The summed E-state index contributed by atoms with van der Waals surface area (Å²) in [4.78, 5) is 5.20. The van der Waals surface area contributed by atoms with Crippen LogP contribution in [0.4, 0.5) is 0 Å². The van der Waals surface area contributed by atoms with Gasteiger partial charge in [0.25, 0.3) is 0 Å². The van der Waals surface area contributed by atoms with E-state index < -0.39 is 0 Å². The first kappa shape index (κ1) is 16.5. The zero-order valence-corrected chi connectivity index (χ0v) is 16.5. The molecule has 0 spiro atoms. The van der Waals surface area contributed by atoms with Crippen LogP contribution in [-0.2, 0) is 11.8 Å². The molecule has 0 radical (unpaired) electrons. The maximum atomic E-state index is 5.20. The molecule has 0 saturated heterocycles. The highest BCUT2D eigenvalue weighted by atomic mass is 14.7. The van der Waals surface area contributed by atoms with Crippen molar-refractivity contribution in [3.05, 3.63) is 77.4 Å². The molecule has 0 N–H and O–H groups in total. The van der Waals surface area contributed by atoms with E-state index >= 15 is 0 Å². The molecule has 0 bridgehead atoms. The molecular weight excluding hydrogens is 326 g/mol. The fourth-order valence-electron chi connectivity index (χ4n) is 4.76. The Labute approximate surface area is 161 Å². The first-order valence-electron chi connectivity index (χ1n) is 9.92. The summed E-state index contributed by atoms with van der Waals surface area (Å²) in [5.41, 5.74) is 7.63. The second-order valence-corrected chi connectivity index (χ2v) is 8.80. The van der Waals surface area contributed by atoms with Crippen LogP contribution in [0.15, 0.2) is 60.7 Å². The Balaban J connectivity index is 1.90. The van der Waals surface area contributed by atoms with Crippen molar-refractivity contribution in [1.82, 2.24) is 4.98 Å². The van der Waals surface area contributed by atoms with Gasteiger partial charge >= 0.3 is 0 Å². The van der Waals surface area contributed by atoms with Crippen LogP contribution in [0.3, 0.4) is 0 Å². The Kier molecular flexibility index (Phi) is 3.46. The Morgan fingerprint density at radius 3 is 2.41 bits per heavy atom. The van der Waals surface area contributed by atoms with E-state index in [4.69, 9.17) is 4.98 Å². The predicted octanol–water partition coefficient (Wildman–Crippen LogP) is 6.89. The van der Waals surface area contributed by atoms with E-state index in [0.29, 0.717) is 5.92 Å². The molecule has 0 unspecified atom stereocenters. The third-order valence-corrected chi connectivity index (χ3v) is 6.08. The fraction of sp³-hybridized carbons (Fsp3) is 0.269. The zero-order chi connectivity index (χ0) is 18.8. The molecule has 5 rings (SSSR count). The summed E-state index contributed by atoms with van der Waals surface area (Å²) in [5, 5.41) is 3.98. The number of benzene rings is 3. The third kappa shape index (κ3) is 2.34. The van der Waals surface area contributed by atoms with Crippen LogP contribution < -0.4 is 0 Å². The summed E-state index contributed by atoms with van der Waals surface area (Å²) in [6.45, 7) is 9.25. The maximum absolute atomic E-state index is 5.20. The summed E-state index contributed by atoms with van der Waals surface area (Å²) in [6, 6.07) is 22.3. The van der Waals surface area contributed by atoms with Gasteiger partial charge in [-0.25, -0.2) is 4.98 Å². The van der Waals surface area contributed by atoms with Crippen LogP contribution in [0.25, 0.3) is 32.9 Å². The van der Waals surface area contributed by atoms with Gasteiger partial charge in [0.1, 0.15) is 0 Å². The SMILES string of the molecule is CC(C)Cc1cccc2nc3c(cc12)C(C)(C)c1cccc2cccc-3c12. The molecule has 3 aromatic carbocycles. The largest absolute Gasteiger partial charge is 0.247 e. The van der Waals surface area contributed by atoms with Crippen LogP contribution in [0.1, 0.15) is 44.4 Å². The van der Waals surface area contributed by atoms with Crippen molar-refractivity contribution >= 4 is 21.7 Å². The lowest BCUT2D eigenvalue weighted by molar-refractivity contribution is 0.641. The van der Waals surface area contributed by atoms with E-state index in [9.17, 15) is 0 Å². The molecule has 27 heavy (non-hydrogen) atoms. The number of rotatable bonds is 2. The predicted molar refractivity (Wildman–Crippen MR) is 115 cm³/mol. The molecule has 134 valence electrons. The number of hydrogen-bond donors (Lipinski definition) is 0. The van der Waals surface area contributed by atoms with Crippen molar-refractivity contribution in [3.8, 4) is 11.3 Å². The highest BCUT2D eigenvalue weighted by Crippen LogP contribution is 2.48. The minimum absolute atomic E-state index is 0.0602. The van der Waals surface area contributed by atoms with Gasteiger partial charge < -0.3 is 0 Å². The third-order valence-electron chi connectivity index (χ3n) is 6.08. The van der Waals surface area contributed by atoms with Crippen molar-refractivity contribution in [3.63, 3.8) is 0 Å². The molecule has 1 nitrogen and oxygen atoms in total. The molecule has 1 heterocycles. The second-order valence-electron chi connectivity index (χ2n) is 8.80. The number of fused-ring (bicyclic) bond motifs is 3. The molecule has 0 aliphatic heterocycles. The standard InChI is InChI=1S/C26H25N/c1-16(2)14-18-10-7-13-23-20(18)15-22-25(27-23)19-11-5-8-17-9-6-12-21(24(17)19)26(22,3)4/h5-13,15-16H,14H2,1-4H3. The number of aromatic nitrogens is 1. The Morgan fingerprint density at radius 2 is 1.63 bits per heavy atom. The lowest BCUT2D eigenvalue weighted by Crippen LogP contribution is -2.24. The lowest BCUT2D eigenvalue weighted by atomic mass is 9.69. The minimum Gasteiger partial charge on any atom is -0.247 e. The molecule has 0 saturated carbocycles. The van der Waals surface area contributed by atoms with E-state index in [1.54, 1.807) is 0 Å². The van der Waals surface area contributed by atoms with Crippen molar-refractivity contribution in [1.29, 1.82) is 0 Å². The number of pyridine rings is 1. The molecular formula is C26H25N. The van der Waals surface area contributed by atoms with Crippen LogP contribution in [-0.4, -0.2) is 4.98 Å². The fourth-order valence-corrected chi connectivity index (χ4v) is 4.76. The van der Waals surface area contributed by atoms with Crippen molar-refractivity contribution < 1.29 is 0 Å². The first-order valence-corrected chi connectivity index (χ1v) is 9.92. The summed E-state index contributed by atoms with van der Waals surface area (Å²) in [6.07, 6.45) is 1.09. The van der Waals surface area contributed by atoms with Gasteiger partial charge in [0.2, 0.25) is 0 Å². The van der Waals surface area contributed by atoms with Gasteiger partial charge in [-0.2, -0.15) is 0 Å². The Hall–Kier alpha value is -2.67. The molecule has 1 heteroatoms. The van der Waals surface area contributed by atoms with Gasteiger partial charge in [0.05, 0.1) is 11.2 Å². The van der Waals surface area contributed by atoms with Crippen LogP contribution >= 0.6 is 0 Å². The van der Waals surface area contributed by atoms with Crippen molar-refractivity contribution in [2.45, 2.75) is 39.5 Å². The average Bonchev–Trinajstić information content (AvgIpc) is 2.65. The van der Waals surface area contributed by atoms with Gasteiger partial charge in [-0.1, -0.05) is 76.2 Å². The highest BCUT2D eigenvalue weighted by Gasteiger charge is 2.34. The second kappa shape index (κ2) is 5.66. The number of hydrogen-bond acceptors (Lipinski definition) is 1. The zero-order valence-electron chi connectivity index (χ0n) is 16.5. The molecule has 0 atom stereocenters. The van der Waals surface area contributed by atoms with Crippen LogP contribution in [0.5, 0.6) is 0 Å². The molecule has 0 fully saturated rings. The normalized spacial score (nSPS) is 14.7. The van der Waals surface area contributed by atoms with E-state index in [1.807, 2.05) is 0 Å². The van der Waals surface area contributed by atoms with Crippen molar-refractivity contribution in [2.75, 3.05) is 0 Å². The molecule has 1 aliphatic carbocycles. The Morgan fingerprint density at radius 1 is 0.889 bits per heavy atom. The average molecular weight is 351 g/mol. The summed E-state index contributed by atoms with van der Waals surface area (Å²) < 4.78 is 0.